The molecule has 2 N–H and O–H groups in total. The van der Waals surface area contributed by atoms with E-state index >= 15 is 0 Å². The van der Waals surface area contributed by atoms with Crippen molar-refractivity contribution in [3.8, 4) is 0 Å². The molecule has 2 rings (SSSR count). The molecule has 2 aromatic rings. The molecular formula is C12H12BrFN4. The van der Waals surface area contributed by atoms with Crippen LogP contribution in [0.4, 0.5) is 21.8 Å². The third-order valence-corrected chi connectivity index (χ3v) is 3.04. The molecule has 0 spiro atoms. The molecule has 1 aromatic carbocycles. The number of benzene rings is 1. The highest BCUT2D eigenvalue weighted by atomic mass is 79.9. The lowest BCUT2D eigenvalue weighted by Crippen LogP contribution is -2.02. The summed E-state index contributed by atoms with van der Waals surface area (Å²) in [6, 6.07) is 4.44. The summed E-state index contributed by atoms with van der Waals surface area (Å²) in [5.41, 5.74) is 1.66. The van der Waals surface area contributed by atoms with Crippen molar-refractivity contribution in [2.75, 3.05) is 17.7 Å². The van der Waals surface area contributed by atoms with Crippen LogP contribution in [0, 0.1) is 12.7 Å². The number of nitrogens with one attached hydrogen (secondary N) is 2. The molecule has 1 aromatic heterocycles. The average Bonchev–Trinajstić information content (AvgIpc) is 2.35. The molecule has 0 fully saturated rings. The van der Waals surface area contributed by atoms with Gasteiger partial charge in [0.05, 0.1) is 5.69 Å². The van der Waals surface area contributed by atoms with Crippen molar-refractivity contribution < 1.29 is 4.39 Å². The minimum Gasteiger partial charge on any atom is -0.357 e. The quantitative estimate of drug-likeness (QED) is 0.911. The van der Waals surface area contributed by atoms with Crippen LogP contribution in [0.3, 0.4) is 0 Å². The van der Waals surface area contributed by atoms with E-state index in [4.69, 9.17) is 0 Å². The Hall–Kier alpha value is -1.69. The molecule has 0 unspecified atom stereocenters. The molecule has 0 saturated carbocycles. The molecule has 0 atom stereocenters. The largest absolute Gasteiger partial charge is 0.357 e. The number of rotatable bonds is 3. The second-order valence-corrected chi connectivity index (χ2v) is 4.58. The minimum atomic E-state index is -0.289. The van der Waals surface area contributed by atoms with E-state index in [1.54, 1.807) is 19.3 Å². The summed E-state index contributed by atoms with van der Waals surface area (Å²) < 4.78 is 13.6. The Bertz CT molecular complexity index is 574. The molecular weight excluding hydrogens is 299 g/mol. The zero-order chi connectivity index (χ0) is 13.1. The fraction of sp³-hybridized carbons (Fsp3) is 0.167. The highest BCUT2D eigenvalue weighted by molar-refractivity contribution is 9.10. The summed E-state index contributed by atoms with van der Waals surface area (Å²) in [6.07, 6.45) is 1.72. The molecule has 4 nitrogen and oxygen atoms in total. The summed E-state index contributed by atoms with van der Waals surface area (Å²) in [5.74, 6) is 0.922. The normalized spacial score (nSPS) is 10.2. The Labute approximate surface area is 113 Å². The van der Waals surface area contributed by atoms with Gasteiger partial charge < -0.3 is 10.6 Å². The van der Waals surface area contributed by atoms with Gasteiger partial charge in [-0.2, -0.15) is 4.98 Å². The van der Waals surface area contributed by atoms with Crippen molar-refractivity contribution in [1.82, 2.24) is 9.97 Å². The SMILES string of the molecule is CNc1ncc(C)c(Nc2ccc(F)cc2Br)n1. The zero-order valence-corrected chi connectivity index (χ0v) is 11.5. The molecule has 0 aliphatic heterocycles. The van der Waals surface area contributed by atoms with Crippen LogP contribution >= 0.6 is 15.9 Å². The van der Waals surface area contributed by atoms with E-state index in [0.29, 0.717) is 16.2 Å². The molecule has 0 aliphatic carbocycles. The monoisotopic (exact) mass is 310 g/mol. The fourth-order valence-corrected chi connectivity index (χ4v) is 1.86. The van der Waals surface area contributed by atoms with Crippen LogP contribution < -0.4 is 10.6 Å². The van der Waals surface area contributed by atoms with Crippen LogP contribution in [0.2, 0.25) is 0 Å². The smallest absolute Gasteiger partial charge is 0.224 e. The van der Waals surface area contributed by atoms with Gasteiger partial charge in [0, 0.05) is 23.3 Å². The van der Waals surface area contributed by atoms with Crippen LogP contribution in [-0.2, 0) is 0 Å². The van der Waals surface area contributed by atoms with Gasteiger partial charge >= 0.3 is 0 Å². The summed E-state index contributed by atoms with van der Waals surface area (Å²) in [7, 11) is 1.75. The second-order valence-electron chi connectivity index (χ2n) is 3.72. The first-order chi connectivity index (χ1) is 8.60. The van der Waals surface area contributed by atoms with E-state index in [1.165, 1.54) is 12.1 Å². The molecule has 1 heterocycles. The number of halogens is 2. The average molecular weight is 311 g/mol. The van der Waals surface area contributed by atoms with Gasteiger partial charge in [-0.05, 0) is 41.1 Å². The van der Waals surface area contributed by atoms with E-state index < -0.39 is 0 Å². The van der Waals surface area contributed by atoms with E-state index in [1.807, 2.05) is 6.92 Å². The second kappa shape index (κ2) is 5.30. The fourth-order valence-electron chi connectivity index (χ4n) is 1.41. The zero-order valence-electron chi connectivity index (χ0n) is 9.96. The Morgan fingerprint density at radius 1 is 1.33 bits per heavy atom. The highest BCUT2D eigenvalue weighted by Crippen LogP contribution is 2.27. The van der Waals surface area contributed by atoms with Crippen molar-refractivity contribution >= 4 is 33.4 Å². The number of anilines is 3. The number of aryl methyl sites for hydroxylation is 1. The topological polar surface area (TPSA) is 49.8 Å². The molecule has 0 amide bonds. The molecule has 6 heteroatoms. The van der Waals surface area contributed by atoms with Crippen molar-refractivity contribution in [3.63, 3.8) is 0 Å². The van der Waals surface area contributed by atoms with Gasteiger partial charge in [0.15, 0.2) is 0 Å². The number of hydrogen-bond acceptors (Lipinski definition) is 4. The van der Waals surface area contributed by atoms with Crippen LogP contribution in [-0.4, -0.2) is 17.0 Å². The van der Waals surface area contributed by atoms with Crippen molar-refractivity contribution in [1.29, 1.82) is 0 Å². The maximum Gasteiger partial charge on any atom is 0.224 e. The Balaban J connectivity index is 2.33. The Morgan fingerprint density at radius 2 is 2.11 bits per heavy atom. The molecule has 0 radical (unpaired) electrons. The van der Waals surface area contributed by atoms with E-state index in [9.17, 15) is 4.39 Å². The third kappa shape index (κ3) is 2.76. The van der Waals surface area contributed by atoms with Gasteiger partial charge in [-0.25, -0.2) is 9.37 Å². The standard InChI is InChI=1S/C12H12BrFN4/c1-7-6-16-12(15-2)18-11(7)17-10-4-3-8(14)5-9(10)13/h3-6H,1-2H3,(H2,15,16,17,18). The van der Waals surface area contributed by atoms with E-state index in [-0.39, 0.29) is 5.82 Å². The first-order valence-corrected chi connectivity index (χ1v) is 6.13. The highest BCUT2D eigenvalue weighted by Gasteiger charge is 2.06. The predicted molar refractivity (Wildman–Crippen MR) is 73.7 cm³/mol. The number of hydrogen-bond donors (Lipinski definition) is 2. The third-order valence-electron chi connectivity index (χ3n) is 2.38. The van der Waals surface area contributed by atoms with Gasteiger partial charge in [0.1, 0.15) is 11.6 Å². The lowest BCUT2D eigenvalue weighted by Gasteiger charge is -2.11. The van der Waals surface area contributed by atoms with Gasteiger partial charge in [0.2, 0.25) is 5.95 Å². The molecule has 94 valence electrons. The van der Waals surface area contributed by atoms with Crippen LogP contribution in [0.1, 0.15) is 5.56 Å². The van der Waals surface area contributed by atoms with Crippen LogP contribution in [0.5, 0.6) is 0 Å². The van der Waals surface area contributed by atoms with E-state index in [0.717, 1.165) is 11.3 Å². The predicted octanol–water partition coefficient (Wildman–Crippen LogP) is 3.47. The van der Waals surface area contributed by atoms with E-state index in [2.05, 4.69) is 36.5 Å². The summed E-state index contributed by atoms with van der Waals surface area (Å²) in [5, 5.41) is 6.01. The molecule has 18 heavy (non-hydrogen) atoms. The number of nitrogens with zero attached hydrogens (tertiary/aromatic N) is 2. The summed E-state index contributed by atoms with van der Waals surface area (Å²) in [6.45, 7) is 1.90. The number of aromatic nitrogens is 2. The maximum atomic E-state index is 13.0. The van der Waals surface area contributed by atoms with Gasteiger partial charge in [-0.3, -0.25) is 0 Å². The summed E-state index contributed by atoms with van der Waals surface area (Å²) >= 11 is 3.30. The molecule has 0 saturated heterocycles. The van der Waals surface area contributed by atoms with Crippen molar-refractivity contribution in [2.45, 2.75) is 6.92 Å². The van der Waals surface area contributed by atoms with Gasteiger partial charge in [-0.15, -0.1) is 0 Å². The van der Waals surface area contributed by atoms with Gasteiger partial charge in [0.25, 0.3) is 0 Å². The first kappa shape index (κ1) is 12.8. The van der Waals surface area contributed by atoms with Crippen molar-refractivity contribution in [3.05, 3.63) is 40.2 Å². The lowest BCUT2D eigenvalue weighted by molar-refractivity contribution is 0.627. The van der Waals surface area contributed by atoms with Crippen LogP contribution in [0.25, 0.3) is 0 Å². The van der Waals surface area contributed by atoms with Crippen LogP contribution in [0.15, 0.2) is 28.9 Å². The first-order valence-electron chi connectivity index (χ1n) is 5.33. The maximum absolute atomic E-state index is 13.0. The lowest BCUT2D eigenvalue weighted by atomic mass is 10.3. The minimum absolute atomic E-state index is 0.289. The van der Waals surface area contributed by atoms with Gasteiger partial charge in [-0.1, -0.05) is 0 Å². The Morgan fingerprint density at radius 3 is 2.78 bits per heavy atom. The summed E-state index contributed by atoms with van der Waals surface area (Å²) in [4.78, 5) is 8.40. The molecule has 0 bridgehead atoms. The van der Waals surface area contributed by atoms with Crippen molar-refractivity contribution in [2.24, 2.45) is 0 Å². The Kier molecular flexibility index (Phi) is 3.76. The molecule has 0 aliphatic rings.